The smallest absolute Gasteiger partial charge is 0.254 e. The Morgan fingerprint density at radius 1 is 1.00 bits per heavy atom. The topological polar surface area (TPSA) is 55.0 Å². The molecule has 0 spiro atoms. The number of hydrogen-bond donors (Lipinski definition) is 1. The van der Waals surface area contributed by atoms with Crippen molar-refractivity contribution in [2.45, 2.75) is 20.0 Å². The largest absolute Gasteiger partial charge is 0.378 e. The highest BCUT2D eigenvalue weighted by atomic mass is 16.5. The lowest BCUT2D eigenvalue weighted by atomic mass is 10.0. The van der Waals surface area contributed by atoms with E-state index in [0.29, 0.717) is 30.1 Å². The third kappa shape index (κ3) is 3.60. The van der Waals surface area contributed by atoms with Gasteiger partial charge in [0.25, 0.3) is 5.56 Å². The Morgan fingerprint density at radius 2 is 1.67 bits per heavy atom. The van der Waals surface area contributed by atoms with Gasteiger partial charge in [0.1, 0.15) is 5.82 Å². The fourth-order valence-corrected chi connectivity index (χ4v) is 2.76. The number of ether oxygens (including phenoxy) is 1. The van der Waals surface area contributed by atoms with Crippen LogP contribution in [-0.4, -0.2) is 17.1 Å². The fraction of sp³-hybridized carbons (Fsp3) is 0.200. The molecule has 3 rings (SSSR count). The lowest BCUT2D eigenvalue weighted by Crippen LogP contribution is -2.20. The van der Waals surface area contributed by atoms with Crippen LogP contribution in [0.4, 0.5) is 0 Å². The van der Waals surface area contributed by atoms with Crippen molar-refractivity contribution in [1.29, 1.82) is 0 Å². The van der Waals surface area contributed by atoms with Crippen LogP contribution in [0, 0.1) is 6.92 Å². The summed E-state index contributed by atoms with van der Waals surface area (Å²) in [5.41, 5.74) is 4.68. The van der Waals surface area contributed by atoms with Crippen molar-refractivity contribution < 1.29 is 4.74 Å². The molecular formula is C20H20N2O2. The van der Waals surface area contributed by atoms with Crippen LogP contribution >= 0.6 is 0 Å². The minimum atomic E-state index is -0.0957. The van der Waals surface area contributed by atoms with Gasteiger partial charge in [0.15, 0.2) is 0 Å². The molecule has 0 aliphatic rings. The average molecular weight is 320 g/mol. The second-order valence-corrected chi connectivity index (χ2v) is 5.75. The number of rotatable bonds is 5. The lowest BCUT2D eigenvalue weighted by molar-refractivity contribution is 0.180. The molecule has 0 amide bonds. The lowest BCUT2D eigenvalue weighted by Gasteiger charge is -2.09. The van der Waals surface area contributed by atoms with Crippen LogP contribution in [0.3, 0.4) is 0 Å². The third-order valence-electron chi connectivity index (χ3n) is 3.94. The summed E-state index contributed by atoms with van der Waals surface area (Å²) in [7, 11) is 1.61. The Bertz CT molecular complexity index is 868. The molecule has 0 saturated heterocycles. The van der Waals surface area contributed by atoms with Crippen LogP contribution in [0.1, 0.15) is 22.6 Å². The molecule has 2 aromatic carbocycles. The standard InChI is InChI=1S/C20H20N2O2/c1-14-21-19(13-24-2)18(20(23)22-14)12-15-8-10-17(11-9-15)16-6-4-3-5-7-16/h3-11H,12-13H2,1-2H3,(H,21,22,23). The molecule has 1 heterocycles. The molecule has 1 N–H and O–H groups in total. The van der Waals surface area contributed by atoms with Crippen molar-refractivity contribution in [1.82, 2.24) is 9.97 Å². The van der Waals surface area contributed by atoms with E-state index in [1.807, 2.05) is 18.2 Å². The molecule has 4 nitrogen and oxygen atoms in total. The Balaban J connectivity index is 1.88. The summed E-state index contributed by atoms with van der Waals surface area (Å²) in [6.07, 6.45) is 0.538. The molecule has 0 radical (unpaired) electrons. The van der Waals surface area contributed by atoms with E-state index in [1.54, 1.807) is 14.0 Å². The molecule has 1 aromatic heterocycles. The maximum atomic E-state index is 12.3. The Labute approximate surface area is 141 Å². The van der Waals surface area contributed by atoms with Gasteiger partial charge in [-0.05, 0) is 23.6 Å². The maximum absolute atomic E-state index is 12.3. The number of benzene rings is 2. The number of aromatic amines is 1. The molecule has 0 aliphatic heterocycles. The van der Waals surface area contributed by atoms with Gasteiger partial charge in [0.05, 0.1) is 12.3 Å². The van der Waals surface area contributed by atoms with Crippen molar-refractivity contribution in [3.8, 4) is 11.1 Å². The molecule has 0 saturated carbocycles. The summed E-state index contributed by atoms with van der Waals surface area (Å²) in [5, 5.41) is 0. The van der Waals surface area contributed by atoms with E-state index in [2.05, 4.69) is 46.4 Å². The zero-order chi connectivity index (χ0) is 16.9. The van der Waals surface area contributed by atoms with Crippen LogP contribution in [-0.2, 0) is 17.8 Å². The molecule has 0 aliphatic carbocycles. The van der Waals surface area contributed by atoms with Crippen molar-refractivity contribution in [3.63, 3.8) is 0 Å². The number of methoxy groups -OCH3 is 1. The molecule has 0 unspecified atom stereocenters. The first-order valence-corrected chi connectivity index (χ1v) is 7.89. The van der Waals surface area contributed by atoms with Gasteiger partial charge < -0.3 is 9.72 Å². The van der Waals surface area contributed by atoms with Crippen LogP contribution in [0.15, 0.2) is 59.4 Å². The zero-order valence-corrected chi connectivity index (χ0v) is 13.9. The van der Waals surface area contributed by atoms with Gasteiger partial charge in [-0.2, -0.15) is 0 Å². The molecule has 0 bridgehead atoms. The fourth-order valence-electron chi connectivity index (χ4n) is 2.76. The van der Waals surface area contributed by atoms with Crippen molar-refractivity contribution in [2.75, 3.05) is 7.11 Å². The van der Waals surface area contributed by atoms with E-state index in [0.717, 1.165) is 11.1 Å². The number of hydrogen-bond acceptors (Lipinski definition) is 3. The number of aromatic nitrogens is 2. The van der Waals surface area contributed by atoms with E-state index in [9.17, 15) is 4.79 Å². The summed E-state index contributed by atoms with van der Waals surface area (Å²) < 4.78 is 5.18. The molecule has 3 aromatic rings. The van der Waals surface area contributed by atoms with Gasteiger partial charge >= 0.3 is 0 Å². The normalized spacial score (nSPS) is 10.8. The van der Waals surface area contributed by atoms with E-state index >= 15 is 0 Å². The monoisotopic (exact) mass is 320 g/mol. The zero-order valence-electron chi connectivity index (χ0n) is 13.9. The SMILES string of the molecule is COCc1nc(C)[nH]c(=O)c1Cc1ccc(-c2ccccc2)cc1. The molecular weight excluding hydrogens is 300 g/mol. The first-order chi connectivity index (χ1) is 11.7. The Morgan fingerprint density at radius 3 is 2.33 bits per heavy atom. The summed E-state index contributed by atoms with van der Waals surface area (Å²) in [4.78, 5) is 19.5. The third-order valence-corrected chi connectivity index (χ3v) is 3.94. The van der Waals surface area contributed by atoms with E-state index in [1.165, 1.54) is 5.56 Å². The van der Waals surface area contributed by atoms with Crippen LogP contribution in [0.5, 0.6) is 0 Å². The minimum Gasteiger partial charge on any atom is -0.378 e. The van der Waals surface area contributed by atoms with Crippen molar-refractivity contribution >= 4 is 0 Å². The molecule has 122 valence electrons. The second kappa shape index (κ2) is 7.23. The number of nitrogens with zero attached hydrogens (tertiary/aromatic N) is 1. The highest BCUT2D eigenvalue weighted by Crippen LogP contribution is 2.20. The number of H-pyrrole nitrogens is 1. The quantitative estimate of drug-likeness (QED) is 0.783. The summed E-state index contributed by atoms with van der Waals surface area (Å²) in [6, 6.07) is 18.5. The maximum Gasteiger partial charge on any atom is 0.254 e. The van der Waals surface area contributed by atoms with Gasteiger partial charge in [0.2, 0.25) is 0 Å². The minimum absolute atomic E-state index is 0.0957. The summed E-state index contributed by atoms with van der Waals surface area (Å²) in [6.45, 7) is 2.11. The molecule has 4 heteroatoms. The first-order valence-electron chi connectivity index (χ1n) is 7.89. The van der Waals surface area contributed by atoms with E-state index in [4.69, 9.17) is 4.74 Å². The van der Waals surface area contributed by atoms with E-state index in [-0.39, 0.29) is 5.56 Å². The van der Waals surface area contributed by atoms with E-state index < -0.39 is 0 Å². The van der Waals surface area contributed by atoms with Crippen molar-refractivity contribution in [3.05, 3.63) is 87.6 Å². The number of aryl methyl sites for hydroxylation is 1. The highest BCUT2D eigenvalue weighted by Gasteiger charge is 2.11. The Kier molecular flexibility index (Phi) is 4.87. The van der Waals surface area contributed by atoms with Crippen molar-refractivity contribution in [2.24, 2.45) is 0 Å². The molecule has 24 heavy (non-hydrogen) atoms. The summed E-state index contributed by atoms with van der Waals surface area (Å²) in [5.74, 6) is 0.607. The predicted octanol–water partition coefficient (Wildman–Crippen LogP) is 3.48. The molecule has 0 atom stereocenters. The predicted molar refractivity (Wildman–Crippen MR) is 95.0 cm³/mol. The van der Waals surface area contributed by atoms with Crippen LogP contribution in [0.25, 0.3) is 11.1 Å². The molecule has 0 fully saturated rings. The Hall–Kier alpha value is -2.72. The van der Waals surface area contributed by atoms with Crippen LogP contribution < -0.4 is 5.56 Å². The number of nitrogens with one attached hydrogen (secondary N) is 1. The van der Waals surface area contributed by atoms with Crippen LogP contribution in [0.2, 0.25) is 0 Å². The highest BCUT2D eigenvalue weighted by molar-refractivity contribution is 5.63. The first kappa shape index (κ1) is 16.1. The van der Waals surface area contributed by atoms with Gasteiger partial charge in [-0.15, -0.1) is 0 Å². The average Bonchev–Trinajstić information content (AvgIpc) is 2.59. The van der Waals surface area contributed by atoms with Gasteiger partial charge in [0, 0.05) is 19.1 Å². The van der Waals surface area contributed by atoms with Gasteiger partial charge in [-0.3, -0.25) is 4.79 Å². The summed E-state index contributed by atoms with van der Waals surface area (Å²) >= 11 is 0. The van der Waals surface area contributed by atoms with Gasteiger partial charge in [-0.25, -0.2) is 4.98 Å². The second-order valence-electron chi connectivity index (χ2n) is 5.75. The van der Waals surface area contributed by atoms with Gasteiger partial charge in [-0.1, -0.05) is 54.6 Å².